The molecule has 144 valence electrons. The van der Waals surface area contributed by atoms with E-state index in [9.17, 15) is 9.59 Å². The van der Waals surface area contributed by atoms with Crippen LogP contribution in [0.15, 0.2) is 23.4 Å². The van der Waals surface area contributed by atoms with Crippen LogP contribution in [-0.4, -0.2) is 62.3 Å². The lowest BCUT2D eigenvalue weighted by molar-refractivity contribution is -0.127. The lowest BCUT2D eigenvalue weighted by Crippen LogP contribution is -2.31. The zero-order valence-corrected chi connectivity index (χ0v) is 16.5. The highest BCUT2D eigenvalue weighted by atomic mass is 32.2. The topological polar surface area (TPSA) is 93.0 Å². The van der Waals surface area contributed by atoms with Gasteiger partial charge in [0.1, 0.15) is 0 Å². The molecule has 0 atom stereocenters. The van der Waals surface area contributed by atoms with Gasteiger partial charge in [0.15, 0.2) is 0 Å². The predicted octanol–water partition coefficient (Wildman–Crippen LogP) is 1.50. The van der Waals surface area contributed by atoms with Crippen LogP contribution in [0.5, 0.6) is 0 Å². The summed E-state index contributed by atoms with van der Waals surface area (Å²) in [6.45, 7) is 6.17. The van der Waals surface area contributed by atoms with Crippen LogP contribution in [0, 0.1) is 13.8 Å². The molecule has 1 fully saturated rings. The maximum absolute atomic E-state index is 12.1. The Bertz CT molecular complexity index is 822. The molecular formula is C18H24N6O2S. The Kier molecular flexibility index (Phi) is 6.44. The molecule has 8 nitrogen and oxygen atoms in total. The summed E-state index contributed by atoms with van der Waals surface area (Å²) >= 11 is 1.31. The summed E-state index contributed by atoms with van der Waals surface area (Å²) in [7, 11) is 0. The van der Waals surface area contributed by atoms with Gasteiger partial charge < -0.3 is 10.2 Å². The number of nitrogens with zero attached hydrogens (tertiary/aromatic N) is 5. The Morgan fingerprint density at radius 1 is 1.33 bits per heavy atom. The minimum absolute atomic E-state index is 0.0664. The number of aromatic nitrogens is 4. The Hall–Kier alpha value is -2.42. The molecule has 9 heteroatoms. The highest BCUT2D eigenvalue weighted by Crippen LogP contribution is 2.22. The Morgan fingerprint density at radius 2 is 2.19 bits per heavy atom. The molecule has 2 aromatic rings. The average Bonchev–Trinajstić information content (AvgIpc) is 3.28. The van der Waals surface area contributed by atoms with E-state index in [0.717, 1.165) is 36.2 Å². The third-order valence-corrected chi connectivity index (χ3v) is 5.60. The summed E-state index contributed by atoms with van der Waals surface area (Å²) in [6.07, 6.45) is 2.36. The van der Waals surface area contributed by atoms with Crippen molar-refractivity contribution in [3.63, 3.8) is 0 Å². The molecule has 0 spiro atoms. The maximum Gasteiger partial charge on any atom is 0.230 e. The van der Waals surface area contributed by atoms with Crippen LogP contribution in [0.3, 0.4) is 0 Å². The maximum atomic E-state index is 12.1. The summed E-state index contributed by atoms with van der Waals surface area (Å²) in [5.41, 5.74) is 3.18. The molecule has 3 rings (SSSR count). The minimum Gasteiger partial charge on any atom is -0.355 e. The van der Waals surface area contributed by atoms with Gasteiger partial charge in [-0.25, -0.2) is 0 Å². The van der Waals surface area contributed by atoms with Crippen LogP contribution in [0.1, 0.15) is 30.4 Å². The number of benzene rings is 1. The molecule has 0 bridgehead atoms. The van der Waals surface area contributed by atoms with Crippen molar-refractivity contribution in [1.82, 2.24) is 30.4 Å². The fourth-order valence-corrected chi connectivity index (χ4v) is 3.72. The van der Waals surface area contributed by atoms with Crippen molar-refractivity contribution in [2.45, 2.75) is 38.3 Å². The number of thioether (sulfide) groups is 1. The lowest BCUT2D eigenvalue weighted by atomic mass is 10.1. The van der Waals surface area contributed by atoms with Gasteiger partial charge in [-0.05, 0) is 54.3 Å². The van der Waals surface area contributed by atoms with E-state index in [2.05, 4.69) is 20.8 Å². The number of carbonyl (C=O) groups is 2. The second-order valence-electron chi connectivity index (χ2n) is 6.57. The molecule has 1 aliphatic rings. The Labute approximate surface area is 162 Å². The second-order valence-corrected chi connectivity index (χ2v) is 7.51. The Morgan fingerprint density at radius 3 is 2.96 bits per heavy atom. The van der Waals surface area contributed by atoms with E-state index in [1.165, 1.54) is 11.8 Å². The largest absolute Gasteiger partial charge is 0.355 e. The van der Waals surface area contributed by atoms with Gasteiger partial charge in [-0.2, -0.15) is 4.68 Å². The number of hydrogen-bond donors (Lipinski definition) is 1. The van der Waals surface area contributed by atoms with Crippen molar-refractivity contribution in [2.24, 2.45) is 0 Å². The molecule has 0 radical (unpaired) electrons. The van der Waals surface area contributed by atoms with Crippen molar-refractivity contribution in [3.8, 4) is 5.69 Å². The van der Waals surface area contributed by atoms with Gasteiger partial charge in [-0.1, -0.05) is 23.9 Å². The van der Waals surface area contributed by atoms with E-state index in [1.807, 2.05) is 36.9 Å². The molecule has 27 heavy (non-hydrogen) atoms. The zero-order chi connectivity index (χ0) is 19.2. The first-order chi connectivity index (χ1) is 13.1. The van der Waals surface area contributed by atoms with Crippen LogP contribution in [0.4, 0.5) is 0 Å². The van der Waals surface area contributed by atoms with Crippen molar-refractivity contribution < 1.29 is 9.59 Å². The van der Waals surface area contributed by atoms with Crippen LogP contribution >= 0.6 is 11.8 Å². The molecule has 0 aliphatic carbocycles. The van der Waals surface area contributed by atoms with E-state index in [0.29, 0.717) is 24.7 Å². The molecule has 0 unspecified atom stereocenters. The standard InChI is InChI=1S/C18H24N6O2S/c1-13-6-3-7-15(14(13)2)24-18(20-21-22-24)27-12-16(25)19-9-5-11-23-10-4-8-17(23)26/h3,6-7H,4-5,8-12H2,1-2H3,(H,19,25). The highest BCUT2D eigenvalue weighted by Gasteiger charge is 2.19. The normalized spacial score (nSPS) is 14.0. The third-order valence-electron chi connectivity index (χ3n) is 4.68. The molecule has 2 amide bonds. The van der Waals surface area contributed by atoms with Crippen LogP contribution < -0.4 is 5.32 Å². The summed E-state index contributed by atoms with van der Waals surface area (Å²) in [5.74, 6) is 0.395. The fourth-order valence-electron chi connectivity index (χ4n) is 3.00. The van der Waals surface area contributed by atoms with E-state index in [4.69, 9.17) is 0 Å². The third kappa shape index (κ3) is 4.85. The van der Waals surface area contributed by atoms with Gasteiger partial charge in [0.25, 0.3) is 0 Å². The SMILES string of the molecule is Cc1cccc(-n2nnnc2SCC(=O)NCCCN2CCCC2=O)c1C. The number of hydrogen-bond acceptors (Lipinski definition) is 6. The number of rotatable bonds is 8. The van der Waals surface area contributed by atoms with Gasteiger partial charge in [0.2, 0.25) is 17.0 Å². The molecule has 1 aliphatic heterocycles. The number of tetrazole rings is 1. The number of aryl methyl sites for hydroxylation is 1. The molecule has 2 heterocycles. The molecule has 1 aromatic heterocycles. The van der Waals surface area contributed by atoms with E-state index in [1.54, 1.807) is 4.68 Å². The smallest absolute Gasteiger partial charge is 0.230 e. The molecule has 1 N–H and O–H groups in total. The zero-order valence-electron chi connectivity index (χ0n) is 15.6. The van der Waals surface area contributed by atoms with Gasteiger partial charge in [0.05, 0.1) is 11.4 Å². The van der Waals surface area contributed by atoms with Crippen molar-refractivity contribution in [2.75, 3.05) is 25.4 Å². The average molecular weight is 388 g/mol. The summed E-state index contributed by atoms with van der Waals surface area (Å²) in [5, 5.41) is 15.3. The number of carbonyl (C=O) groups excluding carboxylic acids is 2. The van der Waals surface area contributed by atoms with Crippen LogP contribution in [0.25, 0.3) is 5.69 Å². The lowest BCUT2D eigenvalue weighted by Gasteiger charge is -2.15. The highest BCUT2D eigenvalue weighted by molar-refractivity contribution is 7.99. The van der Waals surface area contributed by atoms with Gasteiger partial charge in [0, 0.05) is 26.1 Å². The molecule has 1 saturated heterocycles. The van der Waals surface area contributed by atoms with Gasteiger partial charge >= 0.3 is 0 Å². The molecule has 0 saturated carbocycles. The number of nitrogens with one attached hydrogen (secondary N) is 1. The number of likely N-dealkylation sites (tertiary alicyclic amines) is 1. The first-order valence-electron chi connectivity index (χ1n) is 9.08. The fraction of sp³-hybridized carbons (Fsp3) is 0.500. The minimum atomic E-state index is -0.0664. The van der Waals surface area contributed by atoms with Gasteiger partial charge in [-0.15, -0.1) is 5.10 Å². The quantitative estimate of drug-likeness (QED) is 0.544. The van der Waals surface area contributed by atoms with Crippen molar-refractivity contribution in [1.29, 1.82) is 0 Å². The predicted molar refractivity (Wildman–Crippen MR) is 103 cm³/mol. The monoisotopic (exact) mass is 388 g/mol. The van der Waals surface area contributed by atoms with E-state index in [-0.39, 0.29) is 17.6 Å². The number of amides is 2. The first kappa shape index (κ1) is 19.3. The van der Waals surface area contributed by atoms with E-state index < -0.39 is 0 Å². The van der Waals surface area contributed by atoms with Crippen LogP contribution in [0.2, 0.25) is 0 Å². The van der Waals surface area contributed by atoms with Gasteiger partial charge in [-0.3, -0.25) is 9.59 Å². The van der Waals surface area contributed by atoms with Crippen molar-refractivity contribution >= 4 is 23.6 Å². The van der Waals surface area contributed by atoms with Crippen molar-refractivity contribution in [3.05, 3.63) is 29.3 Å². The molecule has 1 aromatic carbocycles. The van der Waals surface area contributed by atoms with Crippen LogP contribution in [-0.2, 0) is 9.59 Å². The summed E-state index contributed by atoms with van der Waals surface area (Å²) in [4.78, 5) is 25.5. The van der Waals surface area contributed by atoms with E-state index >= 15 is 0 Å². The molecular weight excluding hydrogens is 364 g/mol. The summed E-state index contributed by atoms with van der Waals surface area (Å²) in [6, 6.07) is 5.97. The summed E-state index contributed by atoms with van der Waals surface area (Å²) < 4.78 is 1.67. The Balaban J connectivity index is 1.46. The second kappa shape index (κ2) is 8.98. The first-order valence-corrected chi connectivity index (χ1v) is 10.1.